The van der Waals surface area contributed by atoms with E-state index in [0.717, 1.165) is 24.3 Å². The van der Waals surface area contributed by atoms with Crippen molar-refractivity contribution < 1.29 is 4.43 Å². The van der Waals surface area contributed by atoms with Crippen LogP contribution in [0.25, 0.3) is 0 Å². The molecule has 0 aliphatic heterocycles. The molecule has 2 aromatic rings. The lowest BCUT2D eigenvalue weighted by atomic mass is 10.0. The van der Waals surface area contributed by atoms with Crippen molar-refractivity contribution in [2.45, 2.75) is 32.5 Å². The van der Waals surface area contributed by atoms with Crippen LogP contribution in [0.5, 0.6) is 5.75 Å². The van der Waals surface area contributed by atoms with E-state index in [1.807, 2.05) is 12.1 Å². The Morgan fingerprint density at radius 2 is 1.25 bits per heavy atom. The Morgan fingerprint density at radius 1 is 0.800 bits per heavy atom. The molecule has 2 aromatic carbocycles. The maximum Gasteiger partial charge on any atom is 0.242 e. The number of nitrogen functional groups attached to an aromatic ring is 1. The number of hydrogen-bond acceptors (Lipinski definition) is 2. The molecule has 20 heavy (non-hydrogen) atoms. The second-order valence-electron chi connectivity index (χ2n) is 6.10. The molecule has 0 heterocycles. The van der Waals surface area contributed by atoms with Gasteiger partial charge in [0, 0.05) is 5.69 Å². The minimum atomic E-state index is -1.50. The molecule has 0 saturated heterocycles. The monoisotopic (exact) mass is 285 g/mol. The van der Waals surface area contributed by atoms with Crippen LogP contribution in [0.4, 0.5) is 5.69 Å². The van der Waals surface area contributed by atoms with Crippen LogP contribution in [0, 0.1) is 0 Å². The van der Waals surface area contributed by atoms with Crippen molar-refractivity contribution in [3.05, 3.63) is 59.7 Å². The van der Waals surface area contributed by atoms with Gasteiger partial charge in [0.15, 0.2) is 0 Å². The van der Waals surface area contributed by atoms with E-state index < -0.39 is 8.32 Å². The zero-order chi connectivity index (χ0) is 14.6. The van der Waals surface area contributed by atoms with E-state index in [2.05, 4.69) is 56.0 Å². The molecular formula is C17H23NOSi. The lowest BCUT2D eigenvalue weighted by Crippen LogP contribution is -2.29. The summed E-state index contributed by atoms with van der Waals surface area (Å²) < 4.78 is 5.96. The summed E-state index contributed by atoms with van der Waals surface area (Å²) in [6.07, 6.45) is 2.08. The van der Waals surface area contributed by atoms with Gasteiger partial charge in [-0.1, -0.05) is 24.3 Å². The number of rotatable bonds is 5. The largest absolute Gasteiger partial charge is 0.544 e. The van der Waals surface area contributed by atoms with Crippen molar-refractivity contribution in [3.8, 4) is 5.75 Å². The fourth-order valence-electron chi connectivity index (χ4n) is 2.05. The van der Waals surface area contributed by atoms with Gasteiger partial charge in [0.2, 0.25) is 8.32 Å². The lowest BCUT2D eigenvalue weighted by molar-refractivity contribution is 0.557. The number of nitrogens with two attached hydrogens (primary N) is 1. The average molecular weight is 285 g/mol. The van der Waals surface area contributed by atoms with Crippen molar-refractivity contribution in [1.29, 1.82) is 0 Å². The van der Waals surface area contributed by atoms with Gasteiger partial charge in [0.05, 0.1) is 0 Å². The Hall–Kier alpha value is -1.74. The highest BCUT2D eigenvalue weighted by atomic mass is 28.4. The maximum atomic E-state index is 5.96. The van der Waals surface area contributed by atoms with Crippen LogP contribution in [0.1, 0.15) is 11.1 Å². The molecule has 0 atom stereocenters. The van der Waals surface area contributed by atoms with Gasteiger partial charge in [0.25, 0.3) is 0 Å². The zero-order valence-electron chi connectivity index (χ0n) is 12.5. The van der Waals surface area contributed by atoms with E-state index in [1.165, 1.54) is 11.1 Å². The number of anilines is 1. The van der Waals surface area contributed by atoms with Crippen molar-refractivity contribution in [3.63, 3.8) is 0 Å². The van der Waals surface area contributed by atoms with Crippen LogP contribution in [0.3, 0.4) is 0 Å². The molecule has 2 nitrogen and oxygen atoms in total. The summed E-state index contributed by atoms with van der Waals surface area (Å²) >= 11 is 0. The molecule has 0 spiro atoms. The summed E-state index contributed by atoms with van der Waals surface area (Å²) in [4.78, 5) is 0. The molecule has 0 unspecified atom stereocenters. The van der Waals surface area contributed by atoms with Crippen LogP contribution in [-0.2, 0) is 12.8 Å². The first kappa shape index (κ1) is 14.7. The Bertz CT molecular complexity index is 541. The maximum absolute atomic E-state index is 5.96. The summed E-state index contributed by atoms with van der Waals surface area (Å²) in [6, 6.07) is 16.6. The van der Waals surface area contributed by atoms with Gasteiger partial charge >= 0.3 is 0 Å². The molecule has 0 fully saturated rings. The normalized spacial score (nSPS) is 11.3. The Balaban J connectivity index is 1.92. The molecular weight excluding hydrogens is 262 g/mol. The fourth-order valence-corrected chi connectivity index (χ4v) is 2.89. The van der Waals surface area contributed by atoms with Crippen LogP contribution in [0.15, 0.2) is 48.5 Å². The summed E-state index contributed by atoms with van der Waals surface area (Å²) in [6.45, 7) is 6.59. The van der Waals surface area contributed by atoms with Crippen molar-refractivity contribution in [2.24, 2.45) is 0 Å². The van der Waals surface area contributed by atoms with Crippen LogP contribution in [-0.4, -0.2) is 8.32 Å². The second-order valence-corrected chi connectivity index (χ2v) is 10.5. The van der Waals surface area contributed by atoms with Gasteiger partial charge in [-0.05, 0) is 67.9 Å². The van der Waals surface area contributed by atoms with Gasteiger partial charge in [0.1, 0.15) is 5.75 Å². The molecule has 0 bridgehead atoms. The smallest absolute Gasteiger partial charge is 0.242 e. The standard InChI is InChI=1S/C17H23NOSi/c1-20(2,3)19-17-12-8-15(9-13-17)5-4-14-6-10-16(18)11-7-14/h6-13H,4-5,18H2,1-3H3. The summed E-state index contributed by atoms with van der Waals surface area (Å²) in [5, 5.41) is 0. The fraction of sp³-hybridized carbons (Fsp3) is 0.294. The van der Waals surface area contributed by atoms with Crippen molar-refractivity contribution in [2.75, 3.05) is 5.73 Å². The predicted molar refractivity (Wildman–Crippen MR) is 88.7 cm³/mol. The second kappa shape index (κ2) is 6.14. The first-order chi connectivity index (χ1) is 9.42. The first-order valence-electron chi connectivity index (χ1n) is 7.05. The minimum Gasteiger partial charge on any atom is -0.544 e. The van der Waals surface area contributed by atoms with Gasteiger partial charge in [-0.25, -0.2) is 0 Å². The van der Waals surface area contributed by atoms with Crippen LogP contribution >= 0.6 is 0 Å². The third-order valence-electron chi connectivity index (χ3n) is 3.03. The Labute approximate surface area is 122 Å². The van der Waals surface area contributed by atoms with E-state index in [-0.39, 0.29) is 0 Å². The summed E-state index contributed by atoms with van der Waals surface area (Å²) in [7, 11) is -1.50. The van der Waals surface area contributed by atoms with Crippen LogP contribution < -0.4 is 10.2 Å². The molecule has 0 radical (unpaired) electrons. The number of hydrogen-bond donors (Lipinski definition) is 1. The quantitative estimate of drug-likeness (QED) is 0.658. The van der Waals surface area contributed by atoms with E-state index in [9.17, 15) is 0 Å². The van der Waals surface area contributed by atoms with E-state index >= 15 is 0 Å². The highest BCUT2D eigenvalue weighted by Crippen LogP contribution is 2.18. The number of benzene rings is 2. The molecule has 0 aliphatic carbocycles. The highest BCUT2D eigenvalue weighted by Gasteiger charge is 2.15. The van der Waals surface area contributed by atoms with Crippen molar-refractivity contribution in [1.82, 2.24) is 0 Å². The molecule has 2 N–H and O–H groups in total. The first-order valence-corrected chi connectivity index (χ1v) is 10.5. The number of aryl methyl sites for hydroxylation is 2. The zero-order valence-corrected chi connectivity index (χ0v) is 13.5. The molecule has 0 saturated carbocycles. The average Bonchev–Trinajstić information content (AvgIpc) is 2.38. The molecule has 2 rings (SSSR count). The lowest BCUT2D eigenvalue weighted by Gasteiger charge is -2.19. The summed E-state index contributed by atoms with van der Waals surface area (Å²) in [5.41, 5.74) is 9.17. The highest BCUT2D eigenvalue weighted by molar-refractivity contribution is 6.70. The van der Waals surface area contributed by atoms with Gasteiger partial charge in [-0.2, -0.15) is 0 Å². The SMILES string of the molecule is C[Si](C)(C)Oc1ccc(CCc2ccc(N)cc2)cc1. The Morgan fingerprint density at radius 3 is 1.70 bits per heavy atom. The topological polar surface area (TPSA) is 35.2 Å². The third kappa shape index (κ3) is 4.74. The van der Waals surface area contributed by atoms with Gasteiger partial charge < -0.3 is 10.2 Å². The van der Waals surface area contributed by atoms with E-state index in [4.69, 9.17) is 10.2 Å². The minimum absolute atomic E-state index is 0.821. The van der Waals surface area contributed by atoms with Crippen molar-refractivity contribution >= 4 is 14.0 Å². The van der Waals surface area contributed by atoms with Gasteiger partial charge in [-0.3, -0.25) is 0 Å². The predicted octanol–water partition coefficient (Wildman–Crippen LogP) is 4.27. The van der Waals surface area contributed by atoms with E-state index in [0.29, 0.717) is 0 Å². The summed E-state index contributed by atoms with van der Waals surface area (Å²) in [5.74, 6) is 0.986. The molecule has 106 valence electrons. The van der Waals surface area contributed by atoms with Gasteiger partial charge in [-0.15, -0.1) is 0 Å². The third-order valence-corrected chi connectivity index (χ3v) is 3.88. The molecule has 3 heteroatoms. The molecule has 0 aromatic heterocycles. The van der Waals surface area contributed by atoms with Crippen LogP contribution in [0.2, 0.25) is 19.6 Å². The Kier molecular flexibility index (Phi) is 4.50. The van der Waals surface area contributed by atoms with E-state index in [1.54, 1.807) is 0 Å². The molecule has 0 aliphatic rings. The molecule has 0 amide bonds.